The third kappa shape index (κ3) is 5.71. The molecule has 1 amide bonds. The SMILES string of the molecule is CS(=O)(=O)CCC(=O)Nc1cc(Cl)cc(C(=O)O)c1. The number of benzene rings is 1. The van der Waals surface area contributed by atoms with Crippen molar-refractivity contribution in [3.05, 3.63) is 28.8 Å². The number of nitrogens with one attached hydrogen (secondary N) is 1. The quantitative estimate of drug-likeness (QED) is 0.856. The summed E-state index contributed by atoms with van der Waals surface area (Å²) in [4.78, 5) is 22.3. The van der Waals surface area contributed by atoms with Crippen LogP contribution in [0.15, 0.2) is 18.2 Å². The Balaban J connectivity index is 2.77. The maximum absolute atomic E-state index is 11.5. The Morgan fingerprint density at radius 1 is 1.32 bits per heavy atom. The topological polar surface area (TPSA) is 101 Å². The van der Waals surface area contributed by atoms with Crippen LogP contribution in [0.3, 0.4) is 0 Å². The van der Waals surface area contributed by atoms with Gasteiger partial charge in [0.15, 0.2) is 0 Å². The molecule has 0 spiro atoms. The normalized spacial score (nSPS) is 11.1. The Morgan fingerprint density at radius 3 is 2.47 bits per heavy atom. The maximum atomic E-state index is 11.5. The van der Waals surface area contributed by atoms with Crippen LogP contribution in [0.4, 0.5) is 5.69 Å². The van der Waals surface area contributed by atoms with Crippen molar-refractivity contribution in [2.75, 3.05) is 17.3 Å². The van der Waals surface area contributed by atoms with E-state index < -0.39 is 21.7 Å². The van der Waals surface area contributed by atoms with Crippen molar-refractivity contribution in [3.63, 3.8) is 0 Å². The number of halogens is 1. The number of carboxylic acids is 1. The van der Waals surface area contributed by atoms with Gasteiger partial charge in [-0.15, -0.1) is 0 Å². The minimum atomic E-state index is -3.22. The van der Waals surface area contributed by atoms with E-state index in [-0.39, 0.29) is 28.4 Å². The Morgan fingerprint density at radius 2 is 1.95 bits per heavy atom. The largest absolute Gasteiger partial charge is 0.478 e. The third-order valence-electron chi connectivity index (χ3n) is 2.13. The van der Waals surface area contributed by atoms with Crippen LogP contribution < -0.4 is 5.32 Å². The van der Waals surface area contributed by atoms with E-state index in [2.05, 4.69) is 5.32 Å². The number of aromatic carboxylic acids is 1. The van der Waals surface area contributed by atoms with Crippen LogP contribution in [0.5, 0.6) is 0 Å². The number of sulfone groups is 1. The second-order valence-corrected chi connectivity index (χ2v) is 6.66. The maximum Gasteiger partial charge on any atom is 0.335 e. The zero-order valence-electron chi connectivity index (χ0n) is 10.0. The Bertz CT molecular complexity index is 612. The standard InChI is InChI=1S/C11H12ClNO5S/c1-19(17,18)3-2-10(14)13-9-5-7(11(15)16)4-8(12)6-9/h4-6H,2-3H2,1H3,(H,13,14)(H,15,16). The van der Waals surface area contributed by atoms with Crippen LogP contribution in [-0.4, -0.2) is 37.4 Å². The Labute approximate surface area is 115 Å². The lowest BCUT2D eigenvalue weighted by atomic mass is 10.2. The fourth-order valence-corrected chi connectivity index (χ4v) is 2.08. The van der Waals surface area contributed by atoms with Crippen LogP contribution in [0.2, 0.25) is 5.02 Å². The predicted octanol–water partition coefficient (Wildman–Crippen LogP) is 1.41. The van der Waals surface area contributed by atoms with Gasteiger partial charge in [-0.05, 0) is 18.2 Å². The van der Waals surface area contributed by atoms with E-state index in [0.29, 0.717) is 0 Å². The number of hydrogen-bond donors (Lipinski definition) is 2. The van der Waals surface area contributed by atoms with Crippen LogP contribution >= 0.6 is 11.6 Å². The number of carbonyl (C=O) groups is 2. The molecule has 0 fully saturated rings. The highest BCUT2D eigenvalue weighted by Crippen LogP contribution is 2.19. The van der Waals surface area contributed by atoms with E-state index in [1.54, 1.807) is 0 Å². The Hall–Kier alpha value is -1.60. The first-order chi connectivity index (χ1) is 8.67. The first-order valence-corrected chi connectivity index (χ1v) is 7.63. The average Bonchev–Trinajstić information content (AvgIpc) is 2.24. The van der Waals surface area contributed by atoms with Gasteiger partial charge in [-0.3, -0.25) is 4.79 Å². The van der Waals surface area contributed by atoms with E-state index in [4.69, 9.17) is 16.7 Å². The minimum absolute atomic E-state index is 0.0640. The fraction of sp³-hybridized carbons (Fsp3) is 0.273. The molecule has 0 aliphatic heterocycles. The average molecular weight is 306 g/mol. The second-order valence-electron chi connectivity index (χ2n) is 3.96. The summed E-state index contributed by atoms with van der Waals surface area (Å²) in [5, 5.41) is 11.4. The molecule has 0 heterocycles. The number of anilines is 1. The van der Waals surface area contributed by atoms with Gasteiger partial charge in [0.2, 0.25) is 5.91 Å². The molecule has 104 valence electrons. The minimum Gasteiger partial charge on any atom is -0.478 e. The summed E-state index contributed by atoms with van der Waals surface area (Å²) in [6, 6.07) is 3.87. The molecular weight excluding hydrogens is 294 g/mol. The Kier molecular flexibility index (Phi) is 4.90. The van der Waals surface area contributed by atoms with Gasteiger partial charge in [-0.2, -0.15) is 0 Å². The molecule has 0 bridgehead atoms. The van der Waals surface area contributed by atoms with Crippen LogP contribution in [0, 0.1) is 0 Å². The highest BCUT2D eigenvalue weighted by atomic mass is 35.5. The number of hydrogen-bond acceptors (Lipinski definition) is 4. The van der Waals surface area contributed by atoms with Crippen LogP contribution in [-0.2, 0) is 14.6 Å². The smallest absolute Gasteiger partial charge is 0.335 e. The van der Waals surface area contributed by atoms with Crippen LogP contribution in [0.25, 0.3) is 0 Å². The summed E-state index contributed by atoms with van der Waals surface area (Å²) in [5.74, 6) is -1.97. The summed E-state index contributed by atoms with van der Waals surface area (Å²) >= 11 is 5.72. The fourth-order valence-electron chi connectivity index (χ4n) is 1.29. The van der Waals surface area contributed by atoms with E-state index in [0.717, 1.165) is 6.26 Å². The molecule has 0 atom stereocenters. The summed E-state index contributed by atoms with van der Waals surface area (Å²) in [5.41, 5.74) is 0.148. The predicted molar refractivity (Wildman–Crippen MR) is 71.4 cm³/mol. The monoisotopic (exact) mass is 305 g/mol. The number of amides is 1. The zero-order chi connectivity index (χ0) is 14.6. The first kappa shape index (κ1) is 15.5. The molecular formula is C11H12ClNO5S. The van der Waals surface area contributed by atoms with Crippen LogP contribution in [0.1, 0.15) is 16.8 Å². The third-order valence-corrected chi connectivity index (χ3v) is 3.29. The highest BCUT2D eigenvalue weighted by molar-refractivity contribution is 7.90. The molecule has 19 heavy (non-hydrogen) atoms. The lowest BCUT2D eigenvalue weighted by molar-refractivity contribution is -0.115. The molecule has 8 heteroatoms. The molecule has 1 aromatic carbocycles. The van der Waals surface area contributed by atoms with Crippen molar-refractivity contribution in [1.29, 1.82) is 0 Å². The molecule has 0 aliphatic rings. The molecule has 0 unspecified atom stereocenters. The summed E-state index contributed by atoms with van der Waals surface area (Å²) < 4.78 is 21.8. The van der Waals surface area contributed by atoms with Gasteiger partial charge < -0.3 is 10.4 Å². The molecule has 0 saturated carbocycles. The lowest BCUT2D eigenvalue weighted by Gasteiger charge is -2.06. The lowest BCUT2D eigenvalue weighted by Crippen LogP contribution is -2.16. The van der Waals surface area contributed by atoms with E-state index in [1.165, 1.54) is 18.2 Å². The summed E-state index contributed by atoms with van der Waals surface area (Å²) in [6.45, 7) is 0. The highest BCUT2D eigenvalue weighted by Gasteiger charge is 2.11. The van der Waals surface area contributed by atoms with Crippen molar-refractivity contribution in [2.45, 2.75) is 6.42 Å². The van der Waals surface area contributed by atoms with E-state index >= 15 is 0 Å². The van der Waals surface area contributed by atoms with Crippen molar-refractivity contribution in [3.8, 4) is 0 Å². The zero-order valence-corrected chi connectivity index (χ0v) is 11.6. The van der Waals surface area contributed by atoms with Crippen molar-refractivity contribution < 1.29 is 23.1 Å². The number of carboxylic acid groups (broad SMARTS) is 1. The molecule has 0 radical (unpaired) electrons. The van der Waals surface area contributed by atoms with Gasteiger partial charge >= 0.3 is 5.97 Å². The van der Waals surface area contributed by atoms with Crippen molar-refractivity contribution in [2.24, 2.45) is 0 Å². The molecule has 0 aliphatic carbocycles. The summed E-state index contributed by atoms with van der Waals surface area (Å²) in [6.07, 6.45) is 0.829. The molecule has 0 saturated heterocycles. The van der Waals surface area contributed by atoms with E-state index in [1.807, 2.05) is 0 Å². The molecule has 6 nitrogen and oxygen atoms in total. The molecule has 0 aromatic heterocycles. The van der Waals surface area contributed by atoms with Crippen molar-refractivity contribution in [1.82, 2.24) is 0 Å². The molecule has 1 rings (SSSR count). The number of rotatable bonds is 5. The van der Waals surface area contributed by atoms with Gasteiger partial charge in [0.25, 0.3) is 0 Å². The molecule has 1 aromatic rings. The van der Waals surface area contributed by atoms with Gasteiger partial charge in [0.1, 0.15) is 9.84 Å². The van der Waals surface area contributed by atoms with Gasteiger partial charge in [0.05, 0.1) is 11.3 Å². The van der Waals surface area contributed by atoms with Crippen molar-refractivity contribution >= 4 is 39.0 Å². The van der Waals surface area contributed by atoms with Gasteiger partial charge in [-0.1, -0.05) is 11.6 Å². The summed E-state index contributed by atoms with van der Waals surface area (Å²) in [7, 11) is -3.22. The molecule has 2 N–H and O–H groups in total. The van der Waals surface area contributed by atoms with E-state index in [9.17, 15) is 18.0 Å². The van der Waals surface area contributed by atoms with Gasteiger partial charge in [0, 0.05) is 23.4 Å². The second kappa shape index (κ2) is 6.03. The first-order valence-electron chi connectivity index (χ1n) is 5.19. The van der Waals surface area contributed by atoms with Gasteiger partial charge in [-0.25, -0.2) is 13.2 Å². The number of carbonyl (C=O) groups excluding carboxylic acids is 1.